The van der Waals surface area contributed by atoms with E-state index < -0.39 is 0 Å². The van der Waals surface area contributed by atoms with Crippen LogP contribution in [0.2, 0.25) is 0 Å². The van der Waals surface area contributed by atoms with Crippen LogP contribution < -0.4 is 15.5 Å². The molecule has 0 aliphatic carbocycles. The monoisotopic (exact) mass is 427 g/mol. The van der Waals surface area contributed by atoms with Gasteiger partial charge in [0.15, 0.2) is 0 Å². The van der Waals surface area contributed by atoms with Crippen molar-refractivity contribution in [1.29, 1.82) is 0 Å². The average molecular weight is 428 g/mol. The van der Waals surface area contributed by atoms with Gasteiger partial charge >= 0.3 is 0 Å². The SMILES string of the molecule is Cl.Cl.Cn1cc([C@H]2CNC[C@@H]2C(=O)NC2CCCN(c3ncccn3)C2)cn1. The number of nitrogens with one attached hydrogen (secondary N) is 2. The third-order valence-electron chi connectivity index (χ3n) is 5.31. The van der Waals surface area contributed by atoms with Crippen LogP contribution in [0, 0.1) is 5.92 Å². The molecule has 1 unspecified atom stereocenters. The van der Waals surface area contributed by atoms with E-state index >= 15 is 0 Å². The van der Waals surface area contributed by atoms with Gasteiger partial charge in [-0.1, -0.05) is 0 Å². The summed E-state index contributed by atoms with van der Waals surface area (Å²) < 4.78 is 1.79. The first kappa shape index (κ1) is 22.4. The largest absolute Gasteiger partial charge is 0.351 e. The van der Waals surface area contributed by atoms with Crippen LogP contribution in [0.1, 0.15) is 24.3 Å². The Kier molecular flexibility index (Phi) is 8.03. The zero-order chi connectivity index (χ0) is 17.9. The second-order valence-electron chi connectivity index (χ2n) is 7.16. The summed E-state index contributed by atoms with van der Waals surface area (Å²) in [6.07, 6.45) is 9.41. The molecular formula is C18H27Cl2N7O. The van der Waals surface area contributed by atoms with E-state index in [1.54, 1.807) is 17.1 Å². The molecule has 0 saturated carbocycles. The molecule has 10 heteroatoms. The molecule has 2 aromatic rings. The second kappa shape index (κ2) is 10.0. The molecule has 4 heterocycles. The number of nitrogens with zero attached hydrogens (tertiary/aromatic N) is 5. The third kappa shape index (κ3) is 4.92. The van der Waals surface area contributed by atoms with Crippen molar-refractivity contribution in [3.05, 3.63) is 36.4 Å². The number of carbonyl (C=O) groups excluding carboxylic acids is 1. The molecule has 154 valence electrons. The van der Waals surface area contributed by atoms with Gasteiger partial charge in [0.05, 0.1) is 12.1 Å². The van der Waals surface area contributed by atoms with E-state index in [0.29, 0.717) is 6.54 Å². The molecule has 2 aliphatic heterocycles. The molecule has 28 heavy (non-hydrogen) atoms. The number of rotatable bonds is 4. The highest BCUT2D eigenvalue weighted by Crippen LogP contribution is 2.28. The van der Waals surface area contributed by atoms with Gasteiger partial charge in [0.25, 0.3) is 0 Å². The van der Waals surface area contributed by atoms with Gasteiger partial charge in [0.1, 0.15) is 0 Å². The summed E-state index contributed by atoms with van der Waals surface area (Å²) in [4.78, 5) is 23.7. The molecule has 0 bridgehead atoms. The lowest BCUT2D eigenvalue weighted by Gasteiger charge is -2.33. The van der Waals surface area contributed by atoms with Crippen molar-refractivity contribution in [3.8, 4) is 0 Å². The molecule has 3 atom stereocenters. The Balaban J connectivity index is 0.00000140. The van der Waals surface area contributed by atoms with Crippen molar-refractivity contribution in [1.82, 2.24) is 30.4 Å². The van der Waals surface area contributed by atoms with Gasteiger partial charge in [-0.3, -0.25) is 9.48 Å². The normalized spacial score (nSPS) is 24.2. The maximum Gasteiger partial charge on any atom is 0.225 e. The van der Waals surface area contributed by atoms with E-state index in [-0.39, 0.29) is 48.6 Å². The first-order chi connectivity index (χ1) is 12.7. The number of aryl methyl sites for hydroxylation is 1. The van der Waals surface area contributed by atoms with Crippen molar-refractivity contribution in [2.75, 3.05) is 31.1 Å². The lowest BCUT2D eigenvalue weighted by molar-refractivity contribution is -0.125. The zero-order valence-electron chi connectivity index (χ0n) is 15.8. The van der Waals surface area contributed by atoms with E-state index in [0.717, 1.165) is 44.0 Å². The van der Waals surface area contributed by atoms with Gasteiger partial charge in [-0.2, -0.15) is 5.10 Å². The maximum atomic E-state index is 12.9. The van der Waals surface area contributed by atoms with Crippen molar-refractivity contribution in [3.63, 3.8) is 0 Å². The summed E-state index contributed by atoms with van der Waals surface area (Å²) in [6.45, 7) is 3.22. The summed E-state index contributed by atoms with van der Waals surface area (Å²) in [6, 6.07) is 1.95. The first-order valence-electron chi connectivity index (χ1n) is 9.22. The van der Waals surface area contributed by atoms with Crippen molar-refractivity contribution >= 4 is 36.7 Å². The van der Waals surface area contributed by atoms with Crippen LogP contribution in [-0.4, -0.2) is 57.9 Å². The molecule has 1 amide bonds. The van der Waals surface area contributed by atoms with Gasteiger partial charge in [-0.15, -0.1) is 24.8 Å². The molecule has 2 aliphatic rings. The summed E-state index contributed by atoms with van der Waals surface area (Å²) in [7, 11) is 1.91. The maximum absolute atomic E-state index is 12.9. The van der Waals surface area contributed by atoms with Crippen molar-refractivity contribution in [2.24, 2.45) is 13.0 Å². The molecule has 0 aromatic carbocycles. The molecule has 2 aromatic heterocycles. The predicted octanol–water partition coefficient (Wildman–Crippen LogP) is 1.14. The van der Waals surface area contributed by atoms with Crippen LogP contribution >= 0.6 is 24.8 Å². The van der Waals surface area contributed by atoms with E-state index in [4.69, 9.17) is 0 Å². The Morgan fingerprint density at radius 1 is 1.25 bits per heavy atom. The Morgan fingerprint density at radius 2 is 2.04 bits per heavy atom. The van der Waals surface area contributed by atoms with Crippen LogP contribution in [0.3, 0.4) is 0 Å². The summed E-state index contributed by atoms with van der Waals surface area (Å²) in [5, 5.41) is 10.9. The molecule has 8 nitrogen and oxygen atoms in total. The Bertz CT molecular complexity index is 757. The first-order valence-corrected chi connectivity index (χ1v) is 9.22. The standard InChI is InChI=1S/C18H25N7O.2ClH/c1-24-11-13(8-22-24)15-9-19-10-16(15)17(26)23-14-4-2-7-25(12-14)18-20-5-3-6-21-18;;/h3,5-6,8,11,14-16,19H,2,4,7,9-10,12H2,1H3,(H,23,26);2*1H/t14?,15-,16+;;/m1../s1. The van der Waals surface area contributed by atoms with Crippen LogP contribution in [0.25, 0.3) is 0 Å². The fraction of sp³-hybridized carbons (Fsp3) is 0.556. The second-order valence-corrected chi connectivity index (χ2v) is 7.16. The van der Waals surface area contributed by atoms with Gasteiger partial charge in [-0.05, 0) is 24.5 Å². The van der Waals surface area contributed by atoms with Gasteiger partial charge in [-0.25, -0.2) is 9.97 Å². The average Bonchev–Trinajstić information content (AvgIpc) is 3.31. The highest BCUT2D eigenvalue weighted by Gasteiger charge is 2.36. The quantitative estimate of drug-likeness (QED) is 0.760. The Hall–Kier alpha value is -1.90. The smallest absolute Gasteiger partial charge is 0.225 e. The molecule has 4 rings (SSSR count). The molecule has 0 spiro atoms. The molecule has 2 N–H and O–H groups in total. The number of piperidine rings is 1. The fourth-order valence-electron chi connectivity index (χ4n) is 3.98. The minimum Gasteiger partial charge on any atom is -0.351 e. The number of hydrogen-bond donors (Lipinski definition) is 2. The number of halogens is 2. The van der Waals surface area contributed by atoms with Gasteiger partial charge in [0, 0.05) is 63.8 Å². The highest BCUT2D eigenvalue weighted by molar-refractivity contribution is 5.85. The van der Waals surface area contributed by atoms with Crippen LogP contribution in [0.15, 0.2) is 30.9 Å². The molecule has 2 saturated heterocycles. The van der Waals surface area contributed by atoms with Gasteiger partial charge in [0.2, 0.25) is 11.9 Å². The van der Waals surface area contributed by atoms with E-state index in [1.165, 1.54) is 0 Å². The van der Waals surface area contributed by atoms with Crippen LogP contribution in [0.4, 0.5) is 5.95 Å². The lowest BCUT2D eigenvalue weighted by atomic mass is 9.90. The van der Waals surface area contributed by atoms with E-state index in [1.807, 2.05) is 25.5 Å². The van der Waals surface area contributed by atoms with E-state index in [2.05, 4.69) is 30.6 Å². The third-order valence-corrected chi connectivity index (χ3v) is 5.31. The number of hydrogen-bond acceptors (Lipinski definition) is 6. The predicted molar refractivity (Wildman–Crippen MR) is 112 cm³/mol. The number of anilines is 1. The lowest BCUT2D eigenvalue weighted by Crippen LogP contribution is -2.50. The Morgan fingerprint density at radius 3 is 2.75 bits per heavy atom. The number of aromatic nitrogens is 4. The summed E-state index contributed by atoms with van der Waals surface area (Å²) in [5.41, 5.74) is 1.13. The topological polar surface area (TPSA) is 88.0 Å². The molecular weight excluding hydrogens is 401 g/mol. The highest BCUT2D eigenvalue weighted by atomic mass is 35.5. The van der Waals surface area contributed by atoms with Crippen molar-refractivity contribution in [2.45, 2.75) is 24.8 Å². The number of carbonyl (C=O) groups is 1. The minimum absolute atomic E-state index is 0. The van der Waals surface area contributed by atoms with Crippen molar-refractivity contribution < 1.29 is 4.79 Å². The summed E-state index contributed by atoms with van der Waals surface area (Å²) >= 11 is 0. The number of amides is 1. The summed E-state index contributed by atoms with van der Waals surface area (Å²) in [5.74, 6) is 0.996. The molecule has 2 fully saturated rings. The van der Waals surface area contributed by atoms with Crippen LogP contribution in [-0.2, 0) is 11.8 Å². The minimum atomic E-state index is -0.0532. The fourth-order valence-corrected chi connectivity index (χ4v) is 3.98. The van der Waals surface area contributed by atoms with E-state index in [9.17, 15) is 4.79 Å². The Labute approximate surface area is 177 Å². The zero-order valence-corrected chi connectivity index (χ0v) is 17.5. The van der Waals surface area contributed by atoms with Gasteiger partial charge < -0.3 is 15.5 Å². The van der Waals surface area contributed by atoms with Crippen LogP contribution in [0.5, 0.6) is 0 Å². The molecule has 0 radical (unpaired) electrons.